The SMILES string of the molecule is CCCOCCOCCOCCOCCOCCOCCNC(=O)O[C@@H]1CC[C@@H](C[C@@H](C)[C@@H]2CC(=O)C(C)/C=C(\C)[C@@H](O)[C@@H](O)C(=O)[C@H](C)C[C@H](C)/C=C/C=C/C=C(\C)[C@@H](OC)C[C@@H]3CC[C@@H](C)[C@@](O)(O3)C(=O)C(=O)N3CCCC[C@H]3C(=O)O2)C[C@H]1OC. The van der Waals surface area contributed by atoms with Gasteiger partial charge in [-0.05, 0) is 113 Å². The molecule has 1 saturated carbocycles. The van der Waals surface area contributed by atoms with Crippen LogP contribution in [0.1, 0.15) is 139 Å². The monoisotopic (exact) mass is 1250 g/mol. The molecule has 3 heterocycles. The summed E-state index contributed by atoms with van der Waals surface area (Å²) in [6, 6.07) is -1.21. The van der Waals surface area contributed by atoms with Crippen LogP contribution in [0.2, 0.25) is 0 Å². The van der Waals surface area contributed by atoms with Gasteiger partial charge >= 0.3 is 12.1 Å². The van der Waals surface area contributed by atoms with E-state index in [1.165, 1.54) is 6.08 Å². The molecule has 22 heteroatoms. The molecule has 0 aromatic rings. The minimum Gasteiger partial charge on any atom is -0.460 e. The van der Waals surface area contributed by atoms with Crippen LogP contribution in [0.15, 0.2) is 47.6 Å². The molecule has 2 saturated heterocycles. The Balaban J connectivity index is 1.40. The predicted molar refractivity (Wildman–Crippen MR) is 328 cm³/mol. The Labute approximate surface area is 523 Å². The number of alkyl carbamates (subject to hydrolysis) is 1. The summed E-state index contributed by atoms with van der Waals surface area (Å²) in [6.45, 7) is 20.0. The molecule has 0 aromatic carbocycles. The minimum atomic E-state index is -2.48. The molecular formula is C66H108N2O20. The molecule has 0 spiro atoms. The Bertz CT molecular complexity index is 2240. The number of aliphatic hydroxyl groups excluding tert-OH is 2. The fraction of sp³-hybridized carbons (Fsp3) is 0.788. The molecule has 0 radical (unpaired) electrons. The van der Waals surface area contributed by atoms with Gasteiger partial charge < -0.3 is 77.6 Å². The highest BCUT2D eigenvalue weighted by molar-refractivity contribution is 6.39. The number of amides is 2. The van der Waals surface area contributed by atoms with Crippen molar-refractivity contribution in [3.8, 4) is 0 Å². The molecule has 0 aromatic heterocycles. The Morgan fingerprint density at radius 2 is 1.35 bits per heavy atom. The number of rotatable bonds is 26. The van der Waals surface area contributed by atoms with E-state index in [1.807, 2.05) is 51.2 Å². The molecule has 2 bridgehead atoms. The van der Waals surface area contributed by atoms with E-state index < -0.39 is 108 Å². The van der Waals surface area contributed by atoms with Crippen molar-refractivity contribution in [2.45, 2.75) is 193 Å². The van der Waals surface area contributed by atoms with Crippen LogP contribution in [0.4, 0.5) is 4.79 Å². The molecule has 4 aliphatic rings. The molecule has 22 nitrogen and oxygen atoms in total. The molecule has 2 amide bonds. The number of carbonyl (C=O) groups is 6. The quantitative estimate of drug-likeness (QED) is 0.0301. The number of allylic oxidation sites excluding steroid dienone is 6. The smallest absolute Gasteiger partial charge is 0.407 e. The van der Waals surface area contributed by atoms with Crippen LogP contribution in [0.3, 0.4) is 0 Å². The number of nitrogens with one attached hydrogen (secondary N) is 1. The lowest BCUT2D eigenvalue weighted by atomic mass is 9.78. The standard InChI is InChI=1S/C66H108N2O20/c1-11-26-80-28-30-82-32-34-84-36-37-85-35-33-83-31-29-81-27-24-67-65(76)87-55-23-21-51(41-58(55)79-10)40-47(5)57-43-54(69)46(4)39-49(7)60(71)61(72)59(70)48(6)38-44(2)17-13-12-14-18-45(3)56(78-9)42-52-22-20-50(8)66(77,88-52)62(73)63(74)68-25-16-15-19-53(68)64(75)86-57/h12-14,17-18,39,44,46-48,50-53,55-58,60-61,71-72,77H,11,15-16,19-38,40-43H2,1-10H3,(H,67,76)/b14-12+,17-13+,45-18+,49-39+/t44-,46?,47-,48-,50-,51+,52+,53+,55-,56+,57+,58-,60-,61+,66-/m1/s1. The molecule has 1 unspecified atom stereocenters. The molecule has 4 N–H and O–H groups in total. The lowest BCUT2D eigenvalue weighted by Crippen LogP contribution is -2.61. The zero-order valence-electron chi connectivity index (χ0n) is 54.4. The van der Waals surface area contributed by atoms with Gasteiger partial charge in [-0.1, -0.05) is 78.0 Å². The largest absolute Gasteiger partial charge is 0.460 e. The number of fused-ring (bicyclic) bond motifs is 3. The van der Waals surface area contributed by atoms with Crippen LogP contribution in [0.25, 0.3) is 0 Å². The fourth-order valence-electron chi connectivity index (χ4n) is 11.8. The van der Waals surface area contributed by atoms with Crippen molar-refractivity contribution >= 4 is 35.3 Å². The van der Waals surface area contributed by atoms with E-state index in [-0.39, 0.29) is 62.2 Å². The van der Waals surface area contributed by atoms with E-state index >= 15 is 0 Å². The number of aliphatic hydroxyl groups is 3. The molecule has 3 aliphatic heterocycles. The first-order valence-corrected chi connectivity index (χ1v) is 32.2. The van der Waals surface area contributed by atoms with E-state index in [2.05, 4.69) is 12.2 Å². The topological polar surface area (TPSA) is 280 Å². The Kier molecular flexibility index (Phi) is 35.7. The number of ether oxygens (including phenoxy) is 11. The van der Waals surface area contributed by atoms with Crippen molar-refractivity contribution in [1.82, 2.24) is 10.2 Å². The number of methoxy groups -OCH3 is 2. The third-order valence-corrected chi connectivity index (χ3v) is 17.2. The second kappa shape index (κ2) is 41.2. The second-order valence-electron chi connectivity index (χ2n) is 24.4. The van der Waals surface area contributed by atoms with Crippen molar-refractivity contribution in [2.24, 2.45) is 35.5 Å². The van der Waals surface area contributed by atoms with Gasteiger partial charge in [0.2, 0.25) is 5.79 Å². The number of esters is 1. The zero-order valence-corrected chi connectivity index (χ0v) is 54.4. The van der Waals surface area contributed by atoms with Crippen molar-refractivity contribution in [3.63, 3.8) is 0 Å². The van der Waals surface area contributed by atoms with E-state index in [4.69, 9.17) is 52.1 Å². The summed E-state index contributed by atoms with van der Waals surface area (Å²) in [4.78, 5) is 85.3. The number of cyclic esters (lactones) is 1. The van der Waals surface area contributed by atoms with E-state index in [9.17, 15) is 44.1 Å². The fourth-order valence-corrected chi connectivity index (χ4v) is 11.8. The highest BCUT2D eigenvalue weighted by Gasteiger charge is 2.53. The maximum atomic E-state index is 14.6. The third kappa shape index (κ3) is 25.8. The van der Waals surface area contributed by atoms with Crippen molar-refractivity contribution in [3.05, 3.63) is 47.6 Å². The van der Waals surface area contributed by atoms with Gasteiger partial charge in [-0.25, -0.2) is 9.59 Å². The lowest BCUT2D eigenvalue weighted by molar-refractivity contribution is -0.265. The van der Waals surface area contributed by atoms with Crippen LogP contribution in [-0.2, 0) is 76.1 Å². The summed E-state index contributed by atoms with van der Waals surface area (Å²) in [5.74, 6) is -9.14. The van der Waals surface area contributed by atoms with Crippen LogP contribution >= 0.6 is 0 Å². The van der Waals surface area contributed by atoms with Crippen molar-refractivity contribution in [1.29, 1.82) is 0 Å². The molecule has 502 valence electrons. The Hall–Kier alpha value is -4.30. The van der Waals surface area contributed by atoms with Gasteiger partial charge in [-0.15, -0.1) is 0 Å². The molecule has 3 fully saturated rings. The van der Waals surface area contributed by atoms with Gasteiger partial charge in [-0.2, -0.15) is 0 Å². The number of Topliss-reactive ketones (excluding diaryl/α,β-unsaturated/α-hetero) is 3. The summed E-state index contributed by atoms with van der Waals surface area (Å²) in [7, 11) is 3.11. The summed E-state index contributed by atoms with van der Waals surface area (Å²) in [5, 5.41) is 37.2. The van der Waals surface area contributed by atoms with E-state index in [0.717, 1.165) is 23.5 Å². The number of carbonyl (C=O) groups excluding carboxylic acids is 6. The van der Waals surface area contributed by atoms with Gasteiger partial charge in [0, 0.05) is 64.5 Å². The molecule has 1 aliphatic carbocycles. The summed E-state index contributed by atoms with van der Waals surface area (Å²) < 4.78 is 63.1. The van der Waals surface area contributed by atoms with Crippen LogP contribution in [0, 0.1) is 35.5 Å². The van der Waals surface area contributed by atoms with Gasteiger partial charge in [-0.3, -0.25) is 19.2 Å². The average Bonchev–Trinajstić information content (AvgIpc) is 1.84. The van der Waals surface area contributed by atoms with Crippen molar-refractivity contribution in [2.75, 3.05) is 107 Å². The Morgan fingerprint density at radius 3 is 1.97 bits per heavy atom. The third-order valence-electron chi connectivity index (χ3n) is 17.2. The highest BCUT2D eigenvalue weighted by atomic mass is 16.6. The number of hydrogen-bond acceptors (Lipinski definition) is 20. The highest BCUT2D eigenvalue weighted by Crippen LogP contribution is 2.38. The molecular weight excluding hydrogens is 1140 g/mol. The van der Waals surface area contributed by atoms with Gasteiger partial charge in [0.05, 0.1) is 91.0 Å². The maximum absolute atomic E-state index is 14.6. The first-order chi connectivity index (χ1) is 42.1. The average molecular weight is 1250 g/mol. The zero-order chi connectivity index (χ0) is 64.6. The van der Waals surface area contributed by atoms with Crippen molar-refractivity contribution < 1.29 is 96.2 Å². The van der Waals surface area contributed by atoms with E-state index in [0.29, 0.717) is 124 Å². The molecule has 4 rings (SSSR count). The summed E-state index contributed by atoms with van der Waals surface area (Å²) in [5.41, 5.74) is 1.06. The Morgan fingerprint density at radius 1 is 0.727 bits per heavy atom. The van der Waals surface area contributed by atoms with Gasteiger partial charge in [0.1, 0.15) is 36.2 Å². The minimum absolute atomic E-state index is 0.0161. The second-order valence-corrected chi connectivity index (χ2v) is 24.4. The predicted octanol–water partition coefficient (Wildman–Crippen LogP) is 6.77. The summed E-state index contributed by atoms with van der Waals surface area (Å²) >= 11 is 0. The van der Waals surface area contributed by atoms with Gasteiger partial charge in [0.25, 0.3) is 11.7 Å². The number of nitrogens with zero attached hydrogens (tertiary/aromatic N) is 1. The number of hydrogen-bond donors (Lipinski definition) is 4. The number of piperidine rings is 1. The van der Waals surface area contributed by atoms with Crippen LogP contribution in [0.5, 0.6) is 0 Å². The first-order valence-electron chi connectivity index (χ1n) is 32.2. The van der Waals surface area contributed by atoms with Gasteiger partial charge in [0.15, 0.2) is 5.78 Å². The number of ketones is 3. The molecule has 15 atom stereocenters. The van der Waals surface area contributed by atoms with E-state index in [1.54, 1.807) is 41.9 Å². The van der Waals surface area contributed by atoms with Crippen LogP contribution < -0.4 is 5.32 Å². The van der Waals surface area contributed by atoms with Crippen LogP contribution in [-0.4, -0.2) is 217 Å². The first kappa shape index (κ1) is 76.2. The molecule has 88 heavy (non-hydrogen) atoms. The summed E-state index contributed by atoms with van der Waals surface area (Å²) in [6.07, 6.45) is 9.28. The normalized spacial score (nSPS) is 32.9. The lowest BCUT2D eigenvalue weighted by Gasteiger charge is -2.42. The maximum Gasteiger partial charge on any atom is 0.407 e.